The number of hydrogen-bond acceptors (Lipinski definition) is 3. The number of halogens is 4. The maximum absolute atomic E-state index is 12.8. The Hall–Kier alpha value is -1.51. The number of benzene rings is 1. The van der Waals surface area contributed by atoms with E-state index in [1.807, 2.05) is 0 Å². The minimum absolute atomic E-state index is 0. The lowest BCUT2D eigenvalue weighted by molar-refractivity contribution is -0.137. The van der Waals surface area contributed by atoms with Crippen LogP contribution >= 0.6 is 24.0 Å². The van der Waals surface area contributed by atoms with Crippen molar-refractivity contribution in [3.63, 3.8) is 0 Å². The molecule has 1 aromatic rings. The van der Waals surface area contributed by atoms with Gasteiger partial charge in [0, 0.05) is 32.3 Å². The van der Waals surface area contributed by atoms with Gasteiger partial charge < -0.3 is 19.7 Å². The van der Waals surface area contributed by atoms with Crippen molar-refractivity contribution in [1.82, 2.24) is 10.2 Å². The molecule has 0 aromatic heterocycles. The molecule has 2 aliphatic rings. The number of ether oxygens (including phenoxy) is 2. The summed E-state index contributed by atoms with van der Waals surface area (Å²) in [6.45, 7) is 3.47. The van der Waals surface area contributed by atoms with Gasteiger partial charge in [0.2, 0.25) is 0 Å². The summed E-state index contributed by atoms with van der Waals surface area (Å²) in [6.07, 6.45) is 1.38. The highest BCUT2D eigenvalue weighted by atomic mass is 127. The minimum Gasteiger partial charge on any atom is -0.376 e. The molecule has 178 valence electrons. The lowest BCUT2D eigenvalue weighted by Gasteiger charge is -2.34. The van der Waals surface area contributed by atoms with E-state index in [-0.39, 0.29) is 36.2 Å². The lowest BCUT2D eigenvalue weighted by atomic mass is 10.1. The summed E-state index contributed by atoms with van der Waals surface area (Å²) in [5, 5.41) is 3.17. The normalized spacial score (nSPS) is 20.2. The monoisotopic (exact) mass is 565 g/mol. The molecule has 3 rings (SSSR count). The molecule has 1 aromatic carbocycles. The molecule has 0 aliphatic carbocycles. The van der Waals surface area contributed by atoms with Crippen LogP contribution in [0.15, 0.2) is 29.3 Å². The predicted octanol–water partition coefficient (Wildman–Crippen LogP) is 4.30. The third-order valence-electron chi connectivity index (χ3n) is 5.50. The highest BCUT2D eigenvalue weighted by molar-refractivity contribution is 14.0. The van der Waals surface area contributed by atoms with Crippen LogP contribution in [0.5, 0.6) is 0 Å². The molecule has 1 N–H and O–H groups in total. The van der Waals surface area contributed by atoms with Gasteiger partial charge in [-0.05, 0) is 50.3 Å². The number of piperidine rings is 1. The Morgan fingerprint density at radius 2 is 2.03 bits per heavy atom. The van der Waals surface area contributed by atoms with Crippen LogP contribution in [0.1, 0.15) is 43.2 Å². The third kappa shape index (κ3) is 8.45. The first-order valence-electron chi connectivity index (χ1n) is 10.8. The summed E-state index contributed by atoms with van der Waals surface area (Å²) in [7, 11) is 1.71. The van der Waals surface area contributed by atoms with Crippen LogP contribution in [0.3, 0.4) is 0 Å². The first kappa shape index (κ1) is 26.7. The van der Waals surface area contributed by atoms with E-state index in [0.717, 1.165) is 63.5 Å². The van der Waals surface area contributed by atoms with E-state index >= 15 is 0 Å². The second-order valence-corrected chi connectivity index (χ2v) is 7.79. The molecule has 9 heteroatoms. The summed E-state index contributed by atoms with van der Waals surface area (Å²) >= 11 is 0. The predicted molar refractivity (Wildman–Crippen MR) is 129 cm³/mol. The summed E-state index contributed by atoms with van der Waals surface area (Å²) < 4.78 is 50.1. The molecule has 1 unspecified atom stereocenters. The number of rotatable bonds is 4. The van der Waals surface area contributed by atoms with E-state index in [1.165, 1.54) is 12.5 Å². The molecule has 0 saturated carbocycles. The van der Waals surface area contributed by atoms with Gasteiger partial charge in [-0.25, -0.2) is 0 Å². The van der Waals surface area contributed by atoms with E-state index in [0.29, 0.717) is 18.7 Å². The largest absolute Gasteiger partial charge is 0.416 e. The average Bonchev–Trinajstić information content (AvgIpc) is 2.79. The van der Waals surface area contributed by atoms with Crippen LogP contribution in [0.4, 0.5) is 13.2 Å². The molecule has 2 fully saturated rings. The van der Waals surface area contributed by atoms with Crippen LogP contribution in [0, 0.1) is 11.8 Å². The molecule has 2 saturated heterocycles. The molecular weight excluding hydrogens is 534 g/mol. The molecule has 2 heterocycles. The first-order valence-corrected chi connectivity index (χ1v) is 10.8. The van der Waals surface area contributed by atoms with Crippen LogP contribution in [-0.2, 0) is 15.7 Å². The van der Waals surface area contributed by atoms with Crippen molar-refractivity contribution in [2.75, 3.05) is 39.9 Å². The zero-order chi connectivity index (χ0) is 22.1. The zero-order valence-corrected chi connectivity index (χ0v) is 20.6. The summed E-state index contributed by atoms with van der Waals surface area (Å²) in [6, 6.07) is 5.04. The summed E-state index contributed by atoms with van der Waals surface area (Å²) in [5.74, 6) is 6.39. The van der Waals surface area contributed by atoms with Crippen molar-refractivity contribution in [1.29, 1.82) is 0 Å². The molecule has 5 nitrogen and oxygen atoms in total. The van der Waals surface area contributed by atoms with Crippen LogP contribution < -0.4 is 5.32 Å². The Balaban J connectivity index is 0.00000363. The Morgan fingerprint density at radius 1 is 1.25 bits per heavy atom. The Labute approximate surface area is 205 Å². The minimum atomic E-state index is -4.36. The van der Waals surface area contributed by atoms with Gasteiger partial charge in [-0.15, -0.1) is 24.0 Å². The fourth-order valence-corrected chi connectivity index (χ4v) is 3.79. The van der Waals surface area contributed by atoms with E-state index in [1.54, 1.807) is 13.1 Å². The third-order valence-corrected chi connectivity index (χ3v) is 5.50. The van der Waals surface area contributed by atoms with Gasteiger partial charge in [0.25, 0.3) is 0 Å². The fourth-order valence-electron chi connectivity index (χ4n) is 3.79. The zero-order valence-electron chi connectivity index (χ0n) is 18.3. The maximum Gasteiger partial charge on any atom is 0.416 e. The number of aliphatic imine (C=N–C) groups is 1. The van der Waals surface area contributed by atoms with Crippen molar-refractivity contribution in [3.8, 4) is 11.8 Å². The second-order valence-electron chi connectivity index (χ2n) is 7.79. The molecular formula is C23H31F3IN3O2. The highest BCUT2D eigenvalue weighted by Crippen LogP contribution is 2.29. The standard InChI is InChI=1S/C23H30F3N3O2.HI/c1-27-22(28-12-5-7-18-6-4-8-19(16-18)23(24,25)26)29-13-10-20(11-14-29)31-17-21-9-2-3-15-30-21;/h4,6,8,16,20-21H,2-3,9-15,17H2,1H3,(H,27,28);1H. The van der Waals surface area contributed by atoms with E-state index in [4.69, 9.17) is 9.47 Å². The van der Waals surface area contributed by atoms with E-state index in [9.17, 15) is 13.2 Å². The molecule has 0 radical (unpaired) electrons. The van der Waals surface area contributed by atoms with Gasteiger partial charge in [-0.2, -0.15) is 13.2 Å². The fraction of sp³-hybridized carbons (Fsp3) is 0.609. The first-order chi connectivity index (χ1) is 15.0. The quantitative estimate of drug-likeness (QED) is 0.256. The van der Waals surface area contributed by atoms with Crippen LogP contribution in [0.25, 0.3) is 0 Å². The number of nitrogens with one attached hydrogen (secondary N) is 1. The smallest absolute Gasteiger partial charge is 0.376 e. The SMILES string of the molecule is CN=C(NCC#Cc1cccc(C(F)(F)F)c1)N1CCC(OCC2CCCCO2)CC1.I. The van der Waals surface area contributed by atoms with Gasteiger partial charge >= 0.3 is 6.18 Å². The molecule has 1 atom stereocenters. The van der Waals surface area contributed by atoms with Crippen molar-refractivity contribution in [2.24, 2.45) is 4.99 Å². The topological polar surface area (TPSA) is 46.1 Å². The average molecular weight is 565 g/mol. The molecule has 0 spiro atoms. The van der Waals surface area contributed by atoms with Crippen molar-refractivity contribution < 1.29 is 22.6 Å². The van der Waals surface area contributed by atoms with Crippen LogP contribution in [-0.4, -0.2) is 63.0 Å². The summed E-state index contributed by atoms with van der Waals surface area (Å²) in [4.78, 5) is 6.46. The molecule has 0 bridgehead atoms. The van der Waals surface area contributed by atoms with Gasteiger partial charge in [0.05, 0.1) is 30.9 Å². The molecule has 0 amide bonds. The van der Waals surface area contributed by atoms with Gasteiger partial charge in [0.1, 0.15) is 0 Å². The summed E-state index contributed by atoms with van der Waals surface area (Å²) in [5.41, 5.74) is -0.352. The van der Waals surface area contributed by atoms with E-state index < -0.39 is 11.7 Å². The number of likely N-dealkylation sites (tertiary alicyclic amines) is 1. The van der Waals surface area contributed by atoms with Gasteiger partial charge in [0.15, 0.2) is 5.96 Å². The van der Waals surface area contributed by atoms with Crippen molar-refractivity contribution >= 4 is 29.9 Å². The van der Waals surface area contributed by atoms with Crippen molar-refractivity contribution in [3.05, 3.63) is 35.4 Å². The number of guanidine groups is 1. The highest BCUT2D eigenvalue weighted by Gasteiger charge is 2.30. The Morgan fingerprint density at radius 3 is 2.69 bits per heavy atom. The van der Waals surface area contributed by atoms with Gasteiger partial charge in [-0.3, -0.25) is 4.99 Å². The number of nitrogens with zero attached hydrogens (tertiary/aromatic N) is 2. The molecule has 2 aliphatic heterocycles. The van der Waals surface area contributed by atoms with E-state index in [2.05, 4.69) is 27.0 Å². The Kier molecular flexibility index (Phi) is 11.1. The lowest BCUT2D eigenvalue weighted by Crippen LogP contribution is -2.47. The Bertz CT molecular complexity index is 794. The van der Waals surface area contributed by atoms with Crippen molar-refractivity contribution in [2.45, 2.75) is 50.5 Å². The molecule has 32 heavy (non-hydrogen) atoms. The van der Waals surface area contributed by atoms with Crippen LogP contribution in [0.2, 0.25) is 0 Å². The van der Waals surface area contributed by atoms with Gasteiger partial charge in [-0.1, -0.05) is 17.9 Å². The maximum atomic E-state index is 12.8. The number of alkyl halides is 3. The number of hydrogen-bond donors (Lipinski definition) is 1. The second kappa shape index (κ2) is 13.3.